The van der Waals surface area contributed by atoms with E-state index >= 15 is 0 Å². The van der Waals surface area contributed by atoms with Gasteiger partial charge in [-0.15, -0.1) is 6.58 Å². The number of hydrogen-bond donors (Lipinski definition) is 0. The van der Waals surface area contributed by atoms with Gasteiger partial charge in [-0.2, -0.15) is 0 Å². The summed E-state index contributed by atoms with van der Waals surface area (Å²) in [7, 11) is 0. The van der Waals surface area contributed by atoms with Crippen LogP contribution in [0.5, 0.6) is 0 Å². The Labute approximate surface area is 142 Å². The zero-order valence-electron chi connectivity index (χ0n) is 12.0. The third-order valence-corrected chi connectivity index (χ3v) is 4.28. The van der Waals surface area contributed by atoms with Gasteiger partial charge < -0.3 is 4.42 Å². The Balaban J connectivity index is 1.97. The minimum atomic E-state index is -0.143. The highest BCUT2D eigenvalue weighted by Gasteiger charge is 2.33. The van der Waals surface area contributed by atoms with Crippen LogP contribution >= 0.6 is 23.4 Å². The van der Waals surface area contributed by atoms with Gasteiger partial charge in [-0.3, -0.25) is 14.7 Å². The first-order valence-corrected chi connectivity index (χ1v) is 7.92. The summed E-state index contributed by atoms with van der Waals surface area (Å²) < 4.78 is 5.26. The number of halogens is 1. The zero-order chi connectivity index (χ0) is 16.2. The lowest BCUT2D eigenvalue weighted by Crippen LogP contribution is -2.29. The van der Waals surface area contributed by atoms with Gasteiger partial charge in [0.1, 0.15) is 5.76 Å². The summed E-state index contributed by atoms with van der Waals surface area (Å²) in [6, 6.07) is 5.25. The number of furan rings is 1. The molecule has 5 nitrogen and oxygen atoms in total. The first-order valence-electron chi connectivity index (χ1n) is 6.73. The van der Waals surface area contributed by atoms with Crippen molar-refractivity contribution in [3.05, 3.63) is 65.2 Å². The van der Waals surface area contributed by atoms with Crippen LogP contribution in [0.1, 0.15) is 5.76 Å². The minimum absolute atomic E-state index is 0.143. The summed E-state index contributed by atoms with van der Waals surface area (Å²) in [4.78, 5) is 23.0. The molecule has 0 atom stereocenters. The molecule has 23 heavy (non-hydrogen) atoms. The van der Waals surface area contributed by atoms with Crippen molar-refractivity contribution in [2.45, 2.75) is 0 Å². The molecule has 0 spiro atoms. The Morgan fingerprint density at radius 3 is 3.04 bits per heavy atom. The van der Waals surface area contributed by atoms with Crippen molar-refractivity contribution in [2.75, 3.05) is 6.54 Å². The molecular formula is C16H12ClN3O2S. The largest absolute Gasteiger partial charge is 0.465 e. The number of hydrogen-bond acceptors (Lipinski definition) is 5. The zero-order valence-corrected chi connectivity index (χ0v) is 13.5. The molecule has 2 aromatic rings. The molecule has 1 fully saturated rings. The van der Waals surface area contributed by atoms with Crippen molar-refractivity contribution < 1.29 is 9.21 Å². The predicted octanol–water partition coefficient (Wildman–Crippen LogP) is 4.12. The fourth-order valence-corrected chi connectivity index (χ4v) is 3.09. The smallest absolute Gasteiger partial charge is 0.267 e. The highest BCUT2D eigenvalue weighted by Crippen LogP contribution is 2.35. The van der Waals surface area contributed by atoms with E-state index in [2.05, 4.69) is 16.6 Å². The van der Waals surface area contributed by atoms with Gasteiger partial charge in [0.15, 0.2) is 5.17 Å². The Kier molecular flexibility index (Phi) is 4.64. The van der Waals surface area contributed by atoms with Gasteiger partial charge in [-0.25, -0.2) is 4.99 Å². The molecule has 3 rings (SSSR count). The maximum absolute atomic E-state index is 12.5. The number of rotatable bonds is 4. The number of thioether (sulfide) groups is 1. The summed E-state index contributed by atoms with van der Waals surface area (Å²) in [6.07, 6.45) is 8.02. The quantitative estimate of drug-likeness (QED) is 0.618. The fourth-order valence-electron chi connectivity index (χ4n) is 1.95. The molecule has 2 aromatic heterocycles. The third kappa shape index (κ3) is 3.38. The van der Waals surface area contributed by atoms with Crippen LogP contribution in [0.4, 0.5) is 5.69 Å². The number of carbonyl (C=O) groups excluding carboxylic acids is 1. The van der Waals surface area contributed by atoms with E-state index in [0.29, 0.717) is 33.1 Å². The first-order chi connectivity index (χ1) is 11.2. The SMILES string of the molecule is C=CCN1C(=O)/C(=C\c2ccco2)SC1=Nc1ccncc1Cl. The molecule has 0 aromatic carbocycles. The number of pyridine rings is 1. The number of carbonyl (C=O) groups is 1. The lowest BCUT2D eigenvalue weighted by atomic mass is 10.3. The average molecular weight is 346 g/mol. The molecule has 1 saturated heterocycles. The molecule has 1 aliphatic heterocycles. The fraction of sp³-hybridized carbons (Fsp3) is 0.0625. The van der Waals surface area contributed by atoms with E-state index < -0.39 is 0 Å². The second-order valence-electron chi connectivity index (χ2n) is 4.55. The second kappa shape index (κ2) is 6.85. The van der Waals surface area contributed by atoms with Crippen molar-refractivity contribution in [3.63, 3.8) is 0 Å². The number of amidine groups is 1. The lowest BCUT2D eigenvalue weighted by molar-refractivity contribution is -0.121. The molecule has 0 saturated carbocycles. The Hall–Kier alpha value is -2.31. The van der Waals surface area contributed by atoms with E-state index in [1.807, 2.05) is 0 Å². The van der Waals surface area contributed by atoms with Crippen LogP contribution in [-0.4, -0.2) is 27.5 Å². The molecule has 3 heterocycles. The number of aliphatic imine (C=N–C) groups is 1. The first kappa shape index (κ1) is 15.6. The monoisotopic (exact) mass is 345 g/mol. The van der Waals surface area contributed by atoms with Crippen LogP contribution in [-0.2, 0) is 4.79 Å². The molecular weight excluding hydrogens is 334 g/mol. The molecule has 0 aliphatic carbocycles. The third-order valence-electron chi connectivity index (χ3n) is 2.98. The van der Waals surface area contributed by atoms with E-state index in [0.717, 1.165) is 0 Å². The molecule has 116 valence electrons. The number of aromatic nitrogens is 1. The summed E-state index contributed by atoms with van der Waals surface area (Å²) in [5.41, 5.74) is 0.560. The summed E-state index contributed by atoms with van der Waals surface area (Å²) >= 11 is 7.35. The van der Waals surface area contributed by atoms with Crippen LogP contribution in [0.3, 0.4) is 0 Å². The van der Waals surface area contributed by atoms with Crippen molar-refractivity contribution in [2.24, 2.45) is 4.99 Å². The van der Waals surface area contributed by atoms with Crippen LogP contribution < -0.4 is 0 Å². The standard InChI is InChI=1S/C16H12ClN3O2S/c1-2-7-20-15(21)14(9-11-4-3-8-22-11)23-16(20)19-13-5-6-18-10-12(13)17/h2-6,8-10H,1,7H2/b14-9+,19-16?. The number of nitrogens with zero attached hydrogens (tertiary/aromatic N) is 3. The molecule has 0 bridgehead atoms. The van der Waals surface area contributed by atoms with E-state index in [9.17, 15) is 4.79 Å². The second-order valence-corrected chi connectivity index (χ2v) is 5.97. The predicted molar refractivity (Wildman–Crippen MR) is 92.5 cm³/mol. The van der Waals surface area contributed by atoms with Crippen molar-refractivity contribution in [1.29, 1.82) is 0 Å². The van der Waals surface area contributed by atoms with Gasteiger partial charge in [0.25, 0.3) is 5.91 Å². The average Bonchev–Trinajstić information content (AvgIpc) is 3.14. The van der Waals surface area contributed by atoms with Crippen LogP contribution in [0.15, 0.2) is 63.8 Å². The van der Waals surface area contributed by atoms with Crippen molar-refractivity contribution >= 4 is 46.2 Å². The summed E-state index contributed by atoms with van der Waals surface area (Å²) in [6.45, 7) is 4.05. The van der Waals surface area contributed by atoms with E-state index in [1.54, 1.807) is 47.7 Å². The maximum Gasteiger partial charge on any atom is 0.267 e. The molecule has 0 N–H and O–H groups in total. The van der Waals surface area contributed by atoms with Crippen molar-refractivity contribution in [3.8, 4) is 0 Å². The van der Waals surface area contributed by atoms with Gasteiger partial charge in [-0.05, 0) is 30.0 Å². The molecule has 7 heteroatoms. The Morgan fingerprint density at radius 1 is 1.48 bits per heavy atom. The van der Waals surface area contributed by atoms with Gasteiger partial charge >= 0.3 is 0 Å². The molecule has 0 radical (unpaired) electrons. The molecule has 0 unspecified atom stereocenters. The van der Waals surface area contributed by atoms with Gasteiger partial charge in [0.2, 0.25) is 0 Å². The maximum atomic E-state index is 12.5. The molecule has 1 aliphatic rings. The molecule has 1 amide bonds. The highest BCUT2D eigenvalue weighted by atomic mass is 35.5. The highest BCUT2D eigenvalue weighted by molar-refractivity contribution is 8.18. The van der Waals surface area contributed by atoms with E-state index in [-0.39, 0.29) is 5.91 Å². The summed E-state index contributed by atoms with van der Waals surface area (Å²) in [5.74, 6) is 0.470. The Bertz CT molecular complexity index is 799. The minimum Gasteiger partial charge on any atom is -0.465 e. The summed E-state index contributed by atoms with van der Waals surface area (Å²) in [5, 5.41) is 0.968. The van der Waals surface area contributed by atoms with Crippen LogP contribution in [0.25, 0.3) is 6.08 Å². The van der Waals surface area contributed by atoms with Gasteiger partial charge in [0, 0.05) is 25.0 Å². The topological polar surface area (TPSA) is 58.7 Å². The Morgan fingerprint density at radius 2 is 2.35 bits per heavy atom. The number of amides is 1. The lowest BCUT2D eigenvalue weighted by Gasteiger charge is -2.12. The van der Waals surface area contributed by atoms with E-state index in [4.69, 9.17) is 16.0 Å². The normalized spacial score (nSPS) is 18.1. The van der Waals surface area contributed by atoms with E-state index in [1.165, 1.54) is 18.0 Å². The van der Waals surface area contributed by atoms with Gasteiger partial charge in [0.05, 0.1) is 21.9 Å². The van der Waals surface area contributed by atoms with Crippen LogP contribution in [0, 0.1) is 0 Å². The van der Waals surface area contributed by atoms with Crippen molar-refractivity contribution in [1.82, 2.24) is 9.88 Å². The van der Waals surface area contributed by atoms with Gasteiger partial charge in [-0.1, -0.05) is 17.7 Å². The van der Waals surface area contributed by atoms with Crippen LogP contribution in [0.2, 0.25) is 5.02 Å².